The van der Waals surface area contributed by atoms with Crippen LogP contribution >= 0.6 is 11.8 Å². The molecule has 0 saturated carbocycles. The van der Waals surface area contributed by atoms with E-state index in [9.17, 15) is 0 Å². The van der Waals surface area contributed by atoms with Crippen LogP contribution in [0.2, 0.25) is 0 Å². The molecule has 0 fully saturated rings. The van der Waals surface area contributed by atoms with Crippen molar-refractivity contribution in [3.05, 3.63) is 121 Å². The minimum atomic E-state index is -0.124. The molecule has 0 spiro atoms. The zero-order valence-corrected chi connectivity index (χ0v) is 21.3. The van der Waals surface area contributed by atoms with Gasteiger partial charge >= 0.3 is 0 Å². The Morgan fingerprint density at radius 3 is 2.17 bits per heavy atom. The van der Waals surface area contributed by atoms with Gasteiger partial charge in [0.25, 0.3) is 0 Å². The third-order valence-electron chi connectivity index (χ3n) is 6.12. The molecule has 184 valence electrons. The van der Waals surface area contributed by atoms with E-state index in [-0.39, 0.29) is 12.1 Å². The molecule has 2 aromatic carbocycles. The minimum Gasteiger partial charge on any atom is -0.403 e. The molecule has 0 saturated heterocycles. The first kappa shape index (κ1) is 26.3. The van der Waals surface area contributed by atoms with E-state index in [4.69, 9.17) is 11.5 Å². The Morgan fingerprint density at radius 1 is 0.886 bits per heavy atom. The second kappa shape index (κ2) is 13.0. The maximum atomic E-state index is 6.23. The summed E-state index contributed by atoms with van der Waals surface area (Å²) in [4.78, 5) is 0. The molecule has 0 radical (unpaired) electrons. The second-order valence-corrected chi connectivity index (χ2v) is 10.3. The van der Waals surface area contributed by atoms with Crippen molar-refractivity contribution in [1.29, 1.82) is 0 Å². The highest BCUT2D eigenvalue weighted by Crippen LogP contribution is 2.29. The van der Waals surface area contributed by atoms with Gasteiger partial charge in [-0.05, 0) is 54.2 Å². The predicted octanol–water partition coefficient (Wildman–Crippen LogP) is 5.97. The molecule has 0 amide bonds. The van der Waals surface area contributed by atoms with Gasteiger partial charge in [0.1, 0.15) is 0 Å². The van der Waals surface area contributed by atoms with Crippen LogP contribution in [0.3, 0.4) is 0 Å². The Morgan fingerprint density at radius 2 is 1.57 bits per heavy atom. The lowest BCUT2D eigenvalue weighted by Gasteiger charge is -2.30. The van der Waals surface area contributed by atoms with Gasteiger partial charge in [-0.15, -0.1) is 11.8 Å². The maximum Gasteiger partial charge on any atom is 0.0689 e. The average Bonchev–Trinajstić information content (AvgIpc) is 3.36. The van der Waals surface area contributed by atoms with Gasteiger partial charge in [0.2, 0.25) is 0 Å². The van der Waals surface area contributed by atoms with Gasteiger partial charge in [0.05, 0.1) is 12.1 Å². The lowest BCUT2D eigenvalue weighted by atomic mass is 9.98. The number of hydrogen-bond donors (Lipinski definition) is 4. The van der Waals surface area contributed by atoms with Crippen LogP contribution in [0.25, 0.3) is 11.1 Å². The first-order valence-corrected chi connectivity index (χ1v) is 13.0. The highest BCUT2D eigenvalue weighted by atomic mass is 32.2. The molecular weight excluding hydrogens is 448 g/mol. The minimum absolute atomic E-state index is 0.0215. The molecule has 4 nitrogen and oxygen atoms in total. The zero-order chi connectivity index (χ0) is 25.2. The van der Waals surface area contributed by atoms with Crippen molar-refractivity contribution in [3.8, 4) is 11.1 Å². The van der Waals surface area contributed by atoms with Crippen LogP contribution in [0.1, 0.15) is 31.2 Å². The Kier molecular flexibility index (Phi) is 9.74. The number of nitrogens with two attached hydrogens (primary N) is 2. The van der Waals surface area contributed by atoms with E-state index in [1.54, 1.807) is 0 Å². The molecule has 0 aromatic heterocycles. The van der Waals surface area contributed by atoms with Crippen molar-refractivity contribution in [2.75, 3.05) is 0 Å². The molecular formula is C30H38N4S. The molecule has 0 bridgehead atoms. The van der Waals surface area contributed by atoms with E-state index in [1.807, 2.05) is 17.8 Å². The summed E-state index contributed by atoms with van der Waals surface area (Å²) < 4.78 is 0. The monoisotopic (exact) mass is 486 g/mol. The van der Waals surface area contributed by atoms with Crippen LogP contribution in [0, 0.1) is 0 Å². The maximum absolute atomic E-state index is 6.23. The summed E-state index contributed by atoms with van der Waals surface area (Å²) in [6.07, 6.45) is 6.39. The molecule has 3 rings (SSSR count). The summed E-state index contributed by atoms with van der Waals surface area (Å²) in [5, 5.41) is 9.81. The van der Waals surface area contributed by atoms with Crippen LogP contribution in [0.15, 0.2) is 115 Å². The molecule has 35 heavy (non-hydrogen) atoms. The summed E-state index contributed by atoms with van der Waals surface area (Å²) >= 11 is 1.87. The average molecular weight is 487 g/mol. The normalized spacial score (nSPS) is 16.3. The highest BCUT2D eigenvalue weighted by molar-refractivity contribution is 8.03. The van der Waals surface area contributed by atoms with E-state index in [0.29, 0.717) is 23.1 Å². The molecule has 5 heteroatoms. The van der Waals surface area contributed by atoms with Crippen molar-refractivity contribution in [1.82, 2.24) is 10.6 Å². The van der Waals surface area contributed by atoms with Crippen molar-refractivity contribution < 1.29 is 0 Å². The zero-order valence-electron chi connectivity index (χ0n) is 20.5. The number of nitrogens with one attached hydrogen (secondary N) is 2. The van der Waals surface area contributed by atoms with Crippen molar-refractivity contribution >= 4 is 11.8 Å². The largest absolute Gasteiger partial charge is 0.403 e. The van der Waals surface area contributed by atoms with Gasteiger partial charge in [0, 0.05) is 28.0 Å². The highest BCUT2D eigenvalue weighted by Gasteiger charge is 2.23. The van der Waals surface area contributed by atoms with E-state index >= 15 is 0 Å². The fraction of sp³-hybridized carbons (Fsp3) is 0.267. The fourth-order valence-electron chi connectivity index (χ4n) is 4.06. The lowest BCUT2D eigenvalue weighted by molar-refractivity contribution is 0.507. The molecule has 0 aliphatic carbocycles. The van der Waals surface area contributed by atoms with Gasteiger partial charge < -0.3 is 22.1 Å². The predicted molar refractivity (Wildman–Crippen MR) is 153 cm³/mol. The van der Waals surface area contributed by atoms with Gasteiger partial charge in [0.15, 0.2) is 0 Å². The topological polar surface area (TPSA) is 76.1 Å². The van der Waals surface area contributed by atoms with Crippen molar-refractivity contribution in [3.63, 3.8) is 0 Å². The number of rotatable bonds is 14. The lowest BCUT2D eigenvalue weighted by Crippen LogP contribution is -2.43. The van der Waals surface area contributed by atoms with Gasteiger partial charge in [-0.25, -0.2) is 0 Å². The van der Waals surface area contributed by atoms with Gasteiger partial charge in [-0.3, -0.25) is 0 Å². The first-order chi connectivity index (χ1) is 16.8. The third-order valence-corrected chi connectivity index (χ3v) is 7.24. The van der Waals surface area contributed by atoms with Crippen molar-refractivity contribution in [2.24, 2.45) is 11.5 Å². The molecule has 2 aromatic rings. The number of thioether (sulfide) groups is 1. The number of hydrogen-bond acceptors (Lipinski definition) is 5. The quantitative estimate of drug-likeness (QED) is 0.264. The summed E-state index contributed by atoms with van der Waals surface area (Å²) in [6.45, 7) is 16.4. The standard InChI is InChI=1S/C30H38N4S/c1-21(31)12-13-22(2)33-30(20-28-11-8-18-35-28)24(4)34-29(23(3)32)19-25-14-16-27(17-15-25)26-9-6-5-7-10-26/h5-10,14-18,28-30,33-34H,1-4,11-13,19-20,31-32H2/t28?,29-,30+/m0/s1. The third kappa shape index (κ3) is 8.45. The van der Waals surface area contributed by atoms with Crippen LogP contribution in [-0.2, 0) is 6.42 Å². The Hall–Kier alpha value is -3.31. The molecule has 1 aliphatic heterocycles. The van der Waals surface area contributed by atoms with Crippen LogP contribution in [-0.4, -0.2) is 17.3 Å². The van der Waals surface area contributed by atoms with Gasteiger partial charge in [-0.2, -0.15) is 0 Å². The SMILES string of the molecule is C=C(N)CCC(=C)N[C@H](CC1CC=CS1)C(=C)N[C@@H](Cc1ccc(-c2ccccc2)cc1)C(=C)N. The molecule has 1 heterocycles. The van der Waals surface area contributed by atoms with Gasteiger partial charge in [-0.1, -0.05) is 87.0 Å². The molecule has 1 unspecified atom stereocenters. The molecule has 6 N–H and O–H groups in total. The molecule has 1 aliphatic rings. The Balaban J connectivity index is 1.66. The summed E-state index contributed by atoms with van der Waals surface area (Å²) in [5.41, 5.74) is 18.6. The Bertz CT molecular complexity index is 1050. The van der Waals surface area contributed by atoms with Crippen LogP contribution < -0.4 is 22.1 Å². The molecule has 3 atom stereocenters. The van der Waals surface area contributed by atoms with Crippen LogP contribution in [0.4, 0.5) is 0 Å². The smallest absolute Gasteiger partial charge is 0.0689 e. The first-order valence-electron chi connectivity index (χ1n) is 12.0. The second-order valence-electron chi connectivity index (χ2n) is 9.12. The van der Waals surface area contributed by atoms with Crippen LogP contribution in [0.5, 0.6) is 0 Å². The summed E-state index contributed by atoms with van der Waals surface area (Å²) in [5.74, 6) is 0. The number of benzene rings is 2. The van der Waals surface area contributed by atoms with E-state index < -0.39 is 0 Å². The van der Waals surface area contributed by atoms with E-state index in [2.05, 4.69) is 97.0 Å². The van der Waals surface area contributed by atoms with E-state index in [1.165, 1.54) is 16.7 Å². The Labute approximate surface area is 215 Å². The number of allylic oxidation sites excluding steroid dienone is 3. The summed E-state index contributed by atoms with van der Waals surface area (Å²) in [7, 11) is 0. The van der Waals surface area contributed by atoms with E-state index in [0.717, 1.165) is 37.1 Å². The fourth-order valence-corrected chi connectivity index (χ4v) is 5.03. The van der Waals surface area contributed by atoms with Crippen molar-refractivity contribution in [2.45, 2.75) is 49.4 Å². The summed E-state index contributed by atoms with van der Waals surface area (Å²) in [6, 6.07) is 18.9.